The summed E-state index contributed by atoms with van der Waals surface area (Å²) >= 11 is 0. The second-order valence-electron chi connectivity index (χ2n) is 5.39. The summed E-state index contributed by atoms with van der Waals surface area (Å²) in [7, 11) is 0. The number of aliphatic carboxylic acids is 1. The fraction of sp³-hybridized carbons (Fsp3) is 0.438. The molecule has 0 unspecified atom stereocenters. The highest BCUT2D eigenvalue weighted by atomic mass is 16.5. The highest BCUT2D eigenvalue weighted by Gasteiger charge is 2.27. The summed E-state index contributed by atoms with van der Waals surface area (Å²) < 4.78 is 5.55. The first kappa shape index (κ1) is 16.8. The van der Waals surface area contributed by atoms with Gasteiger partial charge in [0.05, 0.1) is 13.0 Å². The van der Waals surface area contributed by atoms with Gasteiger partial charge < -0.3 is 19.6 Å². The van der Waals surface area contributed by atoms with Crippen LogP contribution >= 0.6 is 0 Å². The van der Waals surface area contributed by atoms with Crippen LogP contribution in [0.2, 0.25) is 0 Å². The van der Waals surface area contributed by atoms with Crippen molar-refractivity contribution >= 4 is 17.8 Å². The maximum absolute atomic E-state index is 12.1. The first-order chi connectivity index (χ1) is 11.0. The monoisotopic (exact) mass is 320 g/mol. The Balaban J connectivity index is 1.73. The molecule has 2 amide bonds. The number of rotatable bonds is 4. The van der Waals surface area contributed by atoms with E-state index in [1.165, 1.54) is 4.90 Å². The average Bonchev–Trinajstić information content (AvgIpc) is 2.54. The number of carbonyl (C=O) groups is 3. The van der Waals surface area contributed by atoms with Gasteiger partial charge in [-0.2, -0.15) is 0 Å². The molecule has 0 atom stereocenters. The smallest absolute Gasteiger partial charge is 0.394 e. The van der Waals surface area contributed by atoms with Gasteiger partial charge >= 0.3 is 11.9 Å². The first-order valence-electron chi connectivity index (χ1n) is 7.47. The van der Waals surface area contributed by atoms with E-state index in [9.17, 15) is 14.4 Å². The molecule has 1 fully saturated rings. The topological polar surface area (TPSA) is 87.2 Å². The third kappa shape index (κ3) is 4.70. The van der Waals surface area contributed by atoms with Crippen LogP contribution in [0, 0.1) is 6.92 Å². The van der Waals surface area contributed by atoms with Crippen LogP contribution in [0.5, 0.6) is 5.75 Å². The molecule has 0 radical (unpaired) electrons. The van der Waals surface area contributed by atoms with E-state index in [1.54, 1.807) is 4.90 Å². The highest BCUT2D eigenvalue weighted by molar-refractivity contribution is 6.31. The van der Waals surface area contributed by atoms with Crippen LogP contribution in [0.3, 0.4) is 0 Å². The molecule has 0 spiro atoms. The number of benzene rings is 1. The molecule has 0 saturated carbocycles. The Morgan fingerprint density at radius 1 is 1.13 bits per heavy atom. The van der Waals surface area contributed by atoms with Crippen molar-refractivity contribution in [1.82, 2.24) is 9.80 Å². The molecule has 1 aromatic rings. The van der Waals surface area contributed by atoms with Crippen molar-refractivity contribution in [2.24, 2.45) is 0 Å². The second kappa shape index (κ2) is 7.62. The summed E-state index contributed by atoms with van der Waals surface area (Å²) in [6.45, 7) is 3.45. The number of carboxylic acids is 1. The normalized spacial score (nSPS) is 14.5. The lowest BCUT2D eigenvalue weighted by molar-refractivity contribution is -0.157. The molecular weight excluding hydrogens is 300 g/mol. The van der Waals surface area contributed by atoms with Gasteiger partial charge in [0.1, 0.15) is 5.75 Å². The molecule has 0 bridgehead atoms. The molecule has 0 aliphatic carbocycles. The Bertz CT molecular complexity index is 594. The lowest BCUT2D eigenvalue weighted by atomic mass is 10.2. The van der Waals surface area contributed by atoms with E-state index in [4.69, 9.17) is 9.84 Å². The van der Waals surface area contributed by atoms with E-state index < -0.39 is 11.9 Å². The minimum atomic E-state index is -1.46. The number of aryl methyl sites for hydroxylation is 1. The molecule has 1 aliphatic heterocycles. The average molecular weight is 320 g/mol. The maximum atomic E-state index is 12.1. The molecule has 2 rings (SSSR count). The molecule has 1 aromatic carbocycles. The van der Waals surface area contributed by atoms with Crippen molar-refractivity contribution in [3.8, 4) is 5.75 Å². The van der Waals surface area contributed by atoms with Crippen LogP contribution in [-0.4, -0.2) is 65.5 Å². The molecule has 1 N–H and O–H groups in total. The summed E-state index contributed by atoms with van der Waals surface area (Å²) in [5.74, 6) is -1.70. The SMILES string of the molecule is Cc1cccc(OCCC(=O)N2CCN(C(=O)C(=O)O)CC2)c1. The van der Waals surface area contributed by atoms with E-state index in [-0.39, 0.29) is 32.0 Å². The molecule has 1 saturated heterocycles. The van der Waals surface area contributed by atoms with Crippen LogP contribution in [0.4, 0.5) is 0 Å². The third-order valence-corrected chi connectivity index (χ3v) is 3.68. The fourth-order valence-electron chi connectivity index (χ4n) is 2.41. The standard InChI is InChI=1S/C16H20N2O5/c1-12-3-2-4-13(11-12)23-10-5-14(19)17-6-8-18(9-7-17)15(20)16(21)22/h2-4,11H,5-10H2,1H3,(H,21,22). The number of amides is 2. The van der Waals surface area contributed by atoms with Crippen molar-refractivity contribution in [2.45, 2.75) is 13.3 Å². The number of ether oxygens (including phenoxy) is 1. The zero-order chi connectivity index (χ0) is 16.8. The van der Waals surface area contributed by atoms with Crippen LogP contribution < -0.4 is 4.74 Å². The second-order valence-corrected chi connectivity index (χ2v) is 5.39. The Kier molecular flexibility index (Phi) is 5.56. The van der Waals surface area contributed by atoms with Crippen molar-refractivity contribution in [3.05, 3.63) is 29.8 Å². The van der Waals surface area contributed by atoms with Gasteiger partial charge in [0.15, 0.2) is 0 Å². The lowest BCUT2D eigenvalue weighted by Gasteiger charge is -2.33. The van der Waals surface area contributed by atoms with Gasteiger partial charge in [-0.1, -0.05) is 12.1 Å². The predicted octanol–water partition coefficient (Wildman–Crippen LogP) is 0.519. The summed E-state index contributed by atoms with van der Waals surface area (Å²) in [6.07, 6.45) is 0.251. The van der Waals surface area contributed by atoms with Gasteiger partial charge in [0.2, 0.25) is 5.91 Å². The van der Waals surface area contributed by atoms with E-state index in [2.05, 4.69) is 0 Å². The number of piperazine rings is 1. The Morgan fingerprint density at radius 3 is 2.39 bits per heavy atom. The largest absolute Gasteiger partial charge is 0.493 e. The van der Waals surface area contributed by atoms with E-state index in [0.717, 1.165) is 11.3 Å². The van der Waals surface area contributed by atoms with Gasteiger partial charge in [0, 0.05) is 26.2 Å². The minimum Gasteiger partial charge on any atom is -0.493 e. The summed E-state index contributed by atoms with van der Waals surface area (Å²) in [5.41, 5.74) is 1.09. The van der Waals surface area contributed by atoms with Crippen LogP contribution in [0.25, 0.3) is 0 Å². The Labute approximate surface area is 134 Å². The summed E-state index contributed by atoms with van der Waals surface area (Å²) in [4.78, 5) is 36.9. The quantitative estimate of drug-likeness (QED) is 0.817. The van der Waals surface area contributed by atoms with Gasteiger partial charge in [-0.3, -0.25) is 9.59 Å². The number of nitrogens with zero attached hydrogens (tertiary/aromatic N) is 2. The molecule has 1 aliphatic rings. The molecular formula is C16H20N2O5. The van der Waals surface area contributed by atoms with Gasteiger partial charge in [-0.15, -0.1) is 0 Å². The van der Waals surface area contributed by atoms with Crippen LogP contribution in [-0.2, 0) is 14.4 Å². The fourth-order valence-corrected chi connectivity index (χ4v) is 2.41. The van der Waals surface area contributed by atoms with E-state index in [0.29, 0.717) is 13.1 Å². The molecule has 1 heterocycles. The van der Waals surface area contributed by atoms with Gasteiger partial charge in [-0.25, -0.2) is 4.79 Å². The maximum Gasteiger partial charge on any atom is 0.394 e. The first-order valence-corrected chi connectivity index (χ1v) is 7.47. The van der Waals surface area contributed by atoms with Crippen molar-refractivity contribution < 1.29 is 24.2 Å². The van der Waals surface area contributed by atoms with Crippen molar-refractivity contribution in [2.75, 3.05) is 32.8 Å². The molecule has 124 valence electrons. The highest BCUT2D eigenvalue weighted by Crippen LogP contribution is 2.13. The summed E-state index contributed by atoms with van der Waals surface area (Å²) in [6, 6.07) is 7.61. The van der Waals surface area contributed by atoms with Crippen LogP contribution in [0.15, 0.2) is 24.3 Å². The number of hydrogen-bond donors (Lipinski definition) is 1. The van der Waals surface area contributed by atoms with Gasteiger partial charge in [0.25, 0.3) is 0 Å². The van der Waals surface area contributed by atoms with E-state index >= 15 is 0 Å². The van der Waals surface area contributed by atoms with Crippen molar-refractivity contribution in [1.29, 1.82) is 0 Å². The number of carboxylic acid groups (broad SMARTS) is 1. The Morgan fingerprint density at radius 2 is 1.78 bits per heavy atom. The molecule has 7 heteroatoms. The van der Waals surface area contributed by atoms with Crippen LogP contribution in [0.1, 0.15) is 12.0 Å². The lowest BCUT2D eigenvalue weighted by Crippen LogP contribution is -2.52. The van der Waals surface area contributed by atoms with Crippen molar-refractivity contribution in [3.63, 3.8) is 0 Å². The molecule has 23 heavy (non-hydrogen) atoms. The number of hydrogen-bond acceptors (Lipinski definition) is 4. The number of carbonyl (C=O) groups excluding carboxylic acids is 2. The zero-order valence-corrected chi connectivity index (χ0v) is 13.0. The Hall–Kier alpha value is -2.57. The molecule has 0 aromatic heterocycles. The summed E-state index contributed by atoms with van der Waals surface area (Å²) in [5, 5.41) is 8.66. The minimum absolute atomic E-state index is 0.0555. The van der Waals surface area contributed by atoms with Gasteiger partial charge in [-0.05, 0) is 24.6 Å². The zero-order valence-electron chi connectivity index (χ0n) is 13.0. The molecule has 7 nitrogen and oxygen atoms in total. The van der Waals surface area contributed by atoms with E-state index in [1.807, 2.05) is 31.2 Å². The predicted molar refractivity (Wildman–Crippen MR) is 82.1 cm³/mol. The third-order valence-electron chi connectivity index (χ3n) is 3.68.